The van der Waals surface area contributed by atoms with Crippen molar-refractivity contribution < 1.29 is 0 Å². The molecular weight excluding hydrogens is 224 g/mol. The molecular formula is C11H15ClN4. The summed E-state index contributed by atoms with van der Waals surface area (Å²) in [7, 11) is 0. The molecule has 86 valence electrons. The van der Waals surface area contributed by atoms with E-state index in [-0.39, 0.29) is 0 Å². The highest BCUT2D eigenvalue weighted by Gasteiger charge is 1.98. The molecule has 0 aliphatic heterocycles. The predicted octanol–water partition coefficient (Wildman–Crippen LogP) is 2.93. The van der Waals surface area contributed by atoms with Gasteiger partial charge in [0.25, 0.3) is 0 Å². The van der Waals surface area contributed by atoms with E-state index in [1.54, 1.807) is 18.5 Å². The highest BCUT2D eigenvalue weighted by atomic mass is 35.5. The number of hydrogen-bond acceptors (Lipinski definition) is 4. The largest absolute Gasteiger partial charge is 0.323 e. The number of aromatic nitrogens is 2. The molecule has 0 unspecified atom stereocenters. The Labute approximate surface area is 100 Å². The molecule has 0 spiro atoms. The standard InChI is InChI=1S/C11H15ClN4/c1-3-5-9(8-13-4-2)15-11-14-7-6-10(12)16-11/h5-8H,3-4H2,1-2H3,(H,14,15,16)/b9-5+,13-8-. The minimum Gasteiger partial charge on any atom is -0.323 e. The quantitative estimate of drug-likeness (QED) is 0.634. The molecule has 1 aromatic heterocycles. The van der Waals surface area contributed by atoms with Gasteiger partial charge in [-0.1, -0.05) is 24.6 Å². The molecule has 0 bridgehead atoms. The van der Waals surface area contributed by atoms with E-state index in [9.17, 15) is 0 Å². The van der Waals surface area contributed by atoms with Gasteiger partial charge < -0.3 is 5.32 Å². The summed E-state index contributed by atoms with van der Waals surface area (Å²) in [4.78, 5) is 12.3. The number of nitrogens with zero attached hydrogens (tertiary/aromatic N) is 3. The van der Waals surface area contributed by atoms with Gasteiger partial charge in [0.1, 0.15) is 5.15 Å². The molecule has 1 aromatic rings. The number of halogens is 1. The number of anilines is 1. The second-order valence-corrected chi connectivity index (χ2v) is 3.41. The van der Waals surface area contributed by atoms with Crippen molar-refractivity contribution >= 4 is 23.8 Å². The van der Waals surface area contributed by atoms with Crippen LogP contribution in [0.2, 0.25) is 5.15 Å². The van der Waals surface area contributed by atoms with Gasteiger partial charge in [0.2, 0.25) is 5.95 Å². The molecule has 0 saturated heterocycles. The van der Waals surface area contributed by atoms with Gasteiger partial charge in [0.15, 0.2) is 0 Å². The maximum atomic E-state index is 5.77. The first-order valence-corrected chi connectivity index (χ1v) is 5.59. The Balaban J connectivity index is 2.76. The van der Waals surface area contributed by atoms with E-state index in [0.29, 0.717) is 11.1 Å². The minimum atomic E-state index is 0.417. The molecule has 0 aliphatic rings. The Hall–Kier alpha value is -1.42. The van der Waals surface area contributed by atoms with Crippen molar-refractivity contribution in [3.63, 3.8) is 0 Å². The van der Waals surface area contributed by atoms with Gasteiger partial charge in [-0.15, -0.1) is 0 Å². The SMILES string of the molecule is CC/C=C(\C=N/CC)Nc1nccc(Cl)n1. The van der Waals surface area contributed by atoms with Crippen LogP contribution in [-0.2, 0) is 0 Å². The second-order valence-electron chi connectivity index (χ2n) is 3.02. The van der Waals surface area contributed by atoms with Crippen molar-refractivity contribution in [2.75, 3.05) is 11.9 Å². The van der Waals surface area contributed by atoms with Crippen LogP contribution >= 0.6 is 11.6 Å². The summed E-state index contributed by atoms with van der Waals surface area (Å²) in [5, 5.41) is 3.48. The number of nitrogens with one attached hydrogen (secondary N) is 1. The molecule has 4 nitrogen and oxygen atoms in total. The fraction of sp³-hybridized carbons (Fsp3) is 0.364. The number of hydrogen-bond donors (Lipinski definition) is 1. The lowest BCUT2D eigenvalue weighted by Gasteiger charge is -2.04. The van der Waals surface area contributed by atoms with Crippen LogP contribution in [0.5, 0.6) is 0 Å². The maximum Gasteiger partial charge on any atom is 0.228 e. The third kappa shape index (κ3) is 4.40. The molecule has 0 atom stereocenters. The Kier molecular flexibility index (Phi) is 5.50. The van der Waals surface area contributed by atoms with Crippen molar-refractivity contribution in [1.29, 1.82) is 0 Å². The highest BCUT2D eigenvalue weighted by Crippen LogP contribution is 2.07. The average molecular weight is 239 g/mol. The Morgan fingerprint density at radius 2 is 2.38 bits per heavy atom. The van der Waals surface area contributed by atoms with Crippen LogP contribution in [0.25, 0.3) is 0 Å². The average Bonchev–Trinajstić information content (AvgIpc) is 2.26. The summed E-state index contributed by atoms with van der Waals surface area (Å²) in [6, 6.07) is 1.63. The van der Waals surface area contributed by atoms with Crippen LogP contribution in [0.4, 0.5) is 5.95 Å². The predicted molar refractivity (Wildman–Crippen MR) is 68.1 cm³/mol. The van der Waals surface area contributed by atoms with Crippen LogP contribution in [-0.4, -0.2) is 22.7 Å². The maximum absolute atomic E-state index is 5.77. The van der Waals surface area contributed by atoms with Crippen molar-refractivity contribution in [3.05, 3.63) is 29.2 Å². The smallest absolute Gasteiger partial charge is 0.228 e. The molecule has 5 heteroatoms. The van der Waals surface area contributed by atoms with Crippen molar-refractivity contribution in [2.45, 2.75) is 20.3 Å². The molecule has 1 heterocycles. The summed E-state index contributed by atoms with van der Waals surface area (Å²) in [6.45, 7) is 4.79. The summed E-state index contributed by atoms with van der Waals surface area (Å²) in [6.07, 6.45) is 6.31. The van der Waals surface area contributed by atoms with Crippen molar-refractivity contribution in [2.24, 2.45) is 4.99 Å². The first-order valence-electron chi connectivity index (χ1n) is 5.21. The monoisotopic (exact) mass is 238 g/mol. The topological polar surface area (TPSA) is 50.2 Å². The fourth-order valence-corrected chi connectivity index (χ4v) is 1.21. The zero-order chi connectivity index (χ0) is 11.8. The fourth-order valence-electron chi connectivity index (χ4n) is 1.07. The summed E-state index contributed by atoms with van der Waals surface area (Å²) in [5.74, 6) is 0.481. The van der Waals surface area contributed by atoms with Crippen molar-refractivity contribution in [3.8, 4) is 0 Å². The van der Waals surface area contributed by atoms with E-state index < -0.39 is 0 Å². The molecule has 0 radical (unpaired) electrons. The number of rotatable bonds is 5. The van der Waals surface area contributed by atoms with E-state index in [2.05, 4.69) is 27.2 Å². The molecule has 1 rings (SSSR count). The van der Waals surface area contributed by atoms with Crippen LogP contribution in [0, 0.1) is 0 Å². The van der Waals surface area contributed by atoms with Crippen molar-refractivity contribution in [1.82, 2.24) is 9.97 Å². The lowest BCUT2D eigenvalue weighted by Crippen LogP contribution is -2.04. The molecule has 0 amide bonds. The lowest BCUT2D eigenvalue weighted by atomic mass is 10.3. The molecule has 0 fully saturated rings. The molecule has 1 N–H and O–H groups in total. The summed E-state index contributed by atoms with van der Waals surface area (Å²) in [5.41, 5.74) is 0.881. The van der Waals surface area contributed by atoms with Crippen LogP contribution in [0.3, 0.4) is 0 Å². The number of aliphatic imine (C=N–C) groups is 1. The first-order chi connectivity index (χ1) is 7.76. The Morgan fingerprint density at radius 3 is 3.00 bits per heavy atom. The summed E-state index contributed by atoms with van der Waals surface area (Å²) < 4.78 is 0. The minimum absolute atomic E-state index is 0.417. The van der Waals surface area contributed by atoms with Crippen LogP contribution < -0.4 is 5.32 Å². The summed E-state index contributed by atoms with van der Waals surface area (Å²) >= 11 is 5.77. The molecule has 0 aromatic carbocycles. The third-order valence-corrected chi connectivity index (χ3v) is 1.93. The van der Waals surface area contributed by atoms with Gasteiger partial charge in [-0.05, 0) is 19.4 Å². The Bertz CT molecular complexity index is 387. The van der Waals surface area contributed by atoms with Crippen LogP contribution in [0.1, 0.15) is 20.3 Å². The van der Waals surface area contributed by atoms with E-state index in [0.717, 1.165) is 18.7 Å². The normalized spacial score (nSPS) is 12.1. The van der Waals surface area contributed by atoms with E-state index in [1.165, 1.54) is 0 Å². The van der Waals surface area contributed by atoms with Gasteiger partial charge in [-0.3, -0.25) is 4.99 Å². The van der Waals surface area contributed by atoms with Gasteiger partial charge in [-0.25, -0.2) is 9.97 Å². The van der Waals surface area contributed by atoms with Gasteiger partial charge in [0.05, 0.1) is 5.70 Å². The lowest BCUT2D eigenvalue weighted by molar-refractivity contribution is 1.12. The second kappa shape index (κ2) is 6.95. The van der Waals surface area contributed by atoms with Gasteiger partial charge >= 0.3 is 0 Å². The Morgan fingerprint density at radius 1 is 1.56 bits per heavy atom. The van der Waals surface area contributed by atoms with Gasteiger partial charge in [0, 0.05) is 19.0 Å². The zero-order valence-corrected chi connectivity index (χ0v) is 10.2. The third-order valence-electron chi connectivity index (χ3n) is 1.71. The van der Waals surface area contributed by atoms with E-state index in [4.69, 9.17) is 11.6 Å². The van der Waals surface area contributed by atoms with E-state index in [1.807, 2.05) is 13.0 Å². The zero-order valence-electron chi connectivity index (χ0n) is 9.44. The van der Waals surface area contributed by atoms with E-state index >= 15 is 0 Å². The highest BCUT2D eigenvalue weighted by molar-refractivity contribution is 6.29. The first kappa shape index (κ1) is 12.6. The van der Waals surface area contributed by atoms with Gasteiger partial charge in [-0.2, -0.15) is 0 Å². The molecule has 16 heavy (non-hydrogen) atoms. The molecule has 0 saturated carbocycles. The molecule has 0 aliphatic carbocycles. The number of allylic oxidation sites excluding steroid dienone is 2. The van der Waals surface area contributed by atoms with Crippen LogP contribution in [0.15, 0.2) is 29.0 Å².